The Labute approximate surface area is 177 Å². The van der Waals surface area contributed by atoms with E-state index in [0.29, 0.717) is 12.3 Å². The van der Waals surface area contributed by atoms with Gasteiger partial charge in [0.2, 0.25) is 5.91 Å². The maximum absolute atomic E-state index is 12.3. The van der Waals surface area contributed by atoms with Crippen molar-refractivity contribution in [2.75, 3.05) is 25.5 Å². The Bertz CT molecular complexity index is 1010. The third-order valence-electron chi connectivity index (χ3n) is 6.09. The maximum atomic E-state index is 12.3. The first-order chi connectivity index (χ1) is 14.6. The molecule has 0 unspecified atom stereocenters. The number of nitrogens with zero attached hydrogens (tertiary/aromatic N) is 3. The molecule has 2 heterocycles. The van der Waals surface area contributed by atoms with Crippen LogP contribution >= 0.6 is 0 Å². The van der Waals surface area contributed by atoms with E-state index in [4.69, 9.17) is 9.72 Å². The predicted octanol–water partition coefficient (Wildman–Crippen LogP) is 4.21. The molecule has 0 atom stereocenters. The van der Waals surface area contributed by atoms with Gasteiger partial charge in [-0.3, -0.25) is 9.69 Å². The zero-order chi connectivity index (χ0) is 20.9. The molecule has 1 N–H and O–H groups in total. The van der Waals surface area contributed by atoms with Crippen molar-refractivity contribution in [1.29, 1.82) is 0 Å². The SMILES string of the molecule is COc1cccc(NC(=O)CCC2CCN(Cc3nc4ccccc4n3C)CC2)c1. The van der Waals surface area contributed by atoms with Gasteiger partial charge < -0.3 is 14.6 Å². The van der Waals surface area contributed by atoms with Gasteiger partial charge in [-0.15, -0.1) is 0 Å². The van der Waals surface area contributed by atoms with Gasteiger partial charge in [-0.2, -0.15) is 0 Å². The van der Waals surface area contributed by atoms with Crippen LogP contribution in [-0.4, -0.2) is 40.6 Å². The number of carbonyl (C=O) groups is 1. The molecule has 4 rings (SSSR count). The molecule has 0 aliphatic carbocycles. The van der Waals surface area contributed by atoms with Gasteiger partial charge in [-0.1, -0.05) is 18.2 Å². The Balaban J connectivity index is 1.22. The van der Waals surface area contributed by atoms with Crippen molar-refractivity contribution >= 4 is 22.6 Å². The van der Waals surface area contributed by atoms with Crippen molar-refractivity contribution in [2.24, 2.45) is 13.0 Å². The smallest absolute Gasteiger partial charge is 0.224 e. The number of hydrogen-bond donors (Lipinski definition) is 1. The number of nitrogens with one attached hydrogen (secondary N) is 1. The van der Waals surface area contributed by atoms with Crippen molar-refractivity contribution in [3.63, 3.8) is 0 Å². The van der Waals surface area contributed by atoms with E-state index < -0.39 is 0 Å². The second-order valence-corrected chi connectivity index (χ2v) is 8.11. The lowest BCUT2D eigenvalue weighted by Crippen LogP contribution is -2.34. The highest BCUT2D eigenvalue weighted by molar-refractivity contribution is 5.90. The van der Waals surface area contributed by atoms with Gasteiger partial charge in [-0.25, -0.2) is 4.98 Å². The molecule has 1 aliphatic heterocycles. The summed E-state index contributed by atoms with van der Waals surface area (Å²) in [5.74, 6) is 2.55. The summed E-state index contributed by atoms with van der Waals surface area (Å²) < 4.78 is 7.41. The van der Waals surface area contributed by atoms with Crippen LogP contribution in [0.25, 0.3) is 11.0 Å². The molecule has 30 heavy (non-hydrogen) atoms. The molecule has 0 bridgehead atoms. The minimum atomic E-state index is 0.0744. The Morgan fingerprint density at radius 3 is 2.73 bits per heavy atom. The van der Waals surface area contributed by atoms with Gasteiger partial charge in [0.25, 0.3) is 0 Å². The van der Waals surface area contributed by atoms with Crippen molar-refractivity contribution < 1.29 is 9.53 Å². The quantitative estimate of drug-likeness (QED) is 0.638. The second-order valence-electron chi connectivity index (χ2n) is 8.11. The molecule has 1 amide bonds. The number of benzene rings is 2. The Morgan fingerprint density at radius 1 is 1.17 bits per heavy atom. The van der Waals surface area contributed by atoms with E-state index >= 15 is 0 Å². The van der Waals surface area contributed by atoms with Gasteiger partial charge in [0.15, 0.2) is 0 Å². The van der Waals surface area contributed by atoms with Crippen LogP contribution in [0.1, 0.15) is 31.5 Å². The van der Waals surface area contributed by atoms with E-state index in [0.717, 1.165) is 61.7 Å². The number of hydrogen-bond acceptors (Lipinski definition) is 4. The summed E-state index contributed by atoms with van der Waals surface area (Å²) in [4.78, 5) is 19.6. The van der Waals surface area contributed by atoms with Crippen LogP contribution in [0.2, 0.25) is 0 Å². The van der Waals surface area contributed by atoms with Crippen LogP contribution in [0.3, 0.4) is 0 Å². The lowest BCUT2D eigenvalue weighted by atomic mass is 9.92. The fraction of sp³-hybridized carbons (Fsp3) is 0.417. The molecule has 0 saturated carbocycles. The molecule has 0 radical (unpaired) electrons. The molecule has 6 nitrogen and oxygen atoms in total. The number of rotatable bonds is 7. The summed E-state index contributed by atoms with van der Waals surface area (Å²) in [7, 11) is 3.72. The number of amides is 1. The maximum Gasteiger partial charge on any atom is 0.224 e. The third-order valence-corrected chi connectivity index (χ3v) is 6.09. The van der Waals surface area contributed by atoms with Gasteiger partial charge in [0.1, 0.15) is 11.6 Å². The molecule has 1 aliphatic rings. The summed E-state index contributed by atoms with van der Waals surface area (Å²) in [5.41, 5.74) is 3.04. The summed E-state index contributed by atoms with van der Waals surface area (Å²) in [6.07, 6.45) is 3.77. The first-order valence-electron chi connectivity index (χ1n) is 10.7. The number of anilines is 1. The highest BCUT2D eigenvalue weighted by atomic mass is 16.5. The summed E-state index contributed by atoms with van der Waals surface area (Å²) >= 11 is 0. The van der Waals surface area contributed by atoms with Gasteiger partial charge in [0, 0.05) is 25.2 Å². The van der Waals surface area contributed by atoms with Gasteiger partial charge in [0.05, 0.1) is 24.7 Å². The van der Waals surface area contributed by atoms with E-state index in [1.165, 1.54) is 5.52 Å². The minimum Gasteiger partial charge on any atom is -0.497 e. The zero-order valence-electron chi connectivity index (χ0n) is 17.8. The normalized spacial score (nSPS) is 15.4. The average molecular weight is 407 g/mol. The van der Waals surface area contributed by atoms with Crippen LogP contribution in [0, 0.1) is 5.92 Å². The number of piperidine rings is 1. The topological polar surface area (TPSA) is 59.4 Å². The standard InChI is InChI=1S/C24H30N4O2/c1-27-22-9-4-3-8-21(22)26-23(27)17-28-14-12-18(13-15-28)10-11-24(29)25-19-6-5-7-20(16-19)30-2/h3-9,16,18H,10-15,17H2,1-2H3,(H,25,29). The Hall–Kier alpha value is -2.86. The first-order valence-corrected chi connectivity index (χ1v) is 10.7. The monoisotopic (exact) mass is 406 g/mol. The van der Waals surface area contributed by atoms with E-state index in [1.807, 2.05) is 30.3 Å². The number of aromatic nitrogens is 2. The molecule has 1 aromatic heterocycles. The molecule has 1 saturated heterocycles. The number of para-hydroxylation sites is 2. The summed E-state index contributed by atoms with van der Waals surface area (Å²) in [6, 6.07) is 15.8. The van der Waals surface area contributed by atoms with Crippen LogP contribution < -0.4 is 10.1 Å². The summed E-state index contributed by atoms with van der Waals surface area (Å²) in [5, 5.41) is 2.98. The average Bonchev–Trinajstić information content (AvgIpc) is 3.09. The van der Waals surface area contributed by atoms with E-state index in [2.05, 4.69) is 40.0 Å². The number of ether oxygens (including phenoxy) is 1. The highest BCUT2D eigenvalue weighted by Crippen LogP contribution is 2.24. The van der Waals surface area contributed by atoms with Crippen molar-refractivity contribution in [1.82, 2.24) is 14.5 Å². The molecule has 158 valence electrons. The molecule has 0 spiro atoms. The van der Waals surface area contributed by atoms with E-state index in [9.17, 15) is 4.79 Å². The van der Waals surface area contributed by atoms with Gasteiger partial charge >= 0.3 is 0 Å². The highest BCUT2D eigenvalue weighted by Gasteiger charge is 2.21. The first kappa shape index (κ1) is 20.4. The minimum absolute atomic E-state index is 0.0744. The van der Waals surface area contributed by atoms with Crippen molar-refractivity contribution in [3.05, 3.63) is 54.4 Å². The largest absolute Gasteiger partial charge is 0.497 e. The van der Waals surface area contributed by atoms with E-state index in [-0.39, 0.29) is 5.91 Å². The van der Waals surface area contributed by atoms with Crippen molar-refractivity contribution in [3.8, 4) is 5.75 Å². The predicted molar refractivity (Wildman–Crippen MR) is 120 cm³/mol. The van der Waals surface area contributed by atoms with Gasteiger partial charge in [-0.05, 0) is 62.5 Å². The lowest BCUT2D eigenvalue weighted by Gasteiger charge is -2.31. The fourth-order valence-electron chi connectivity index (χ4n) is 4.23. The molecule has 6 heteroatoms. The number of imidazole rings is 1. The molecule has 1 fully saturated rings. The Morgan fingerprint density at radius 2 is 1.97 bits per heavy atom. The third kappa shape index (κ3) is 4.82. The number of carbonyl (C=O) groups excluding carboxylic acids is 1. The molecular weight excluding hydrogens is 376 g/mol. The van der Waals surface area contributed by atoms with Crippen LogP contribution in [0.15, 0.2) is 48.5 Å². The number of fused-ring (bicyclic) bond motifs is 1. The lowest BCUT2D eigenvalue weighted by molar-refractivity contribution is -0.116. The molecular formula is C24H30N4O2. The fourth-order valence-corrected chi connectivity index (χ4v) is 4.23. The molecule has 3 aromatic rings. The number of methoxy groups -OCH3 is 1. The molecule has 2 aromatic carbocycles. The number of likely N-dealkylation sites (tertiary alicyclic amines) is 1. The summed E-state index contributed by atoms with van der Waals surface area (Å²) in [6.45, 7) is 3.00. The van der Waals surface area contributed by atoms with Crippen molar-refractivity contribution in [2.45, 2.75) is 32.2 Å². The van der Waals surface area contributed by atoms with Crippen LogP contribution in [-0.2, 0) is 18.4 Å². The second kappa shape index (κ2) is 9.30. The van der Waals surface area contributed by atoms with Crippen LogP contribution in [0.4, 0.5) is 5.69 Å². The van der Waals surface area contributed by atoms with E-state index in [1.54, 1.807) is 7.11 Å². The zero-order valence-corrected chi connectivity index (χ0v) is 17.8. The Kier molecular flexibility index (Phi) is 6.33. The van der Waals surface area contributed by atoms with Crippen LogP contribution in [0.5, 0.6) is 5.75 Å². The number of aryl methyl sites for hydroxylation is 1.